The SMILES string of the molecule is OC[C@H](Nc1nc(Cl)ncc1Br)[C@@H](O)c1ccccc1. The summed E-state index contributed by atoms with van der Waals surface area (Å²) in [5.41, 5.74) is 0.704. The van der Waals surface area contributed by atoms with Gasteiger partial charge in [0.2, 0.25) is 5.28 Å². The highest BCUT2D eigenvalue weighted by Gasteiger charge is 2.21. The number of halogens is 2. The first-order valence-corrected chi connectivity index (χ1v) is 7.07. The largest absolute Gasteiger partial charge is 0.394 e. The fraction of sp³-hybridized carbons (Fsp3) is 0.231. The minimum atomic E-state index is -0.873. The highest BCUT2D eigenvalue weighted by atomic mass is 79.9. The molecule has 2 rings (SSSR count). The number of aromatic nitrogens is 2. The third kappa shape index (κ3) is 3.67. The molecule has 2 aromatic rings. The topological polar surface area (TPSA) is 78.3 Å². The molecule has 7 heteroatoms. The van der Waals surface area contributed by atoms with Gasteiger partial charge in [-0.15, -0.1) is 0 Å². The van der Waals surface area contributed by atoms with Gasteiger partial charge in [0.25, 0.3) is 0 Å². The van der Waals surface area contributed by atoms with E-state index in [0.717, 1.165) is 0 Å². The first-order valence-electron chi connectivity index (χ1n) is 5.90. The lowest BCUT2D eigenvalue weighted by molar-refractivity contribution is 0.118. The van der Waals surface area contributed by atoms with Gasteiger partial charge in [0.1, 0.15) is 11.9 Å². The molecule has 0 aliphatic carbocycles. The van der Waals surface area contributed by atoms with Crippen LogP contribution in [0.5, 0.6) is 0 Å². The van der Waals surface area contributed by atoms with Crippen LogP contribution in [0.1, 0.15) is 11.7 Å². The molecule has 0 amide bonds. The summed E-state index contributed by atoms with van der Waals surface area (Å²) in [6.45, 7) is -0.260. The summed E-state index contributed by atoms with van der Waals surface area (Å²) in [6, 6.07) is 8.47. The van der Waals surface area contributed by atoms with Crippen LogP contribution in [0.4, 0.5) is 5.82 Å². The number of nitrogens with one attached hydrogen (secondary N) is 1. The summed E-state index contributed by atoms with van der Waals surface area (Å²) >= 11 is 9.02. The van der Waals surface area contributed by atoms with E-state index in [4.69, 9.17) is 11.6 Å². The summed E-state index contributed by atoms with van der Waals surface area (Å²) in [6.07, 6.45) is 0.628. The molecule has 0 bridgehead atoms. The van der Waals surface area contributed by atoms with E-state index in [0.29, 0.717) is 15.9 Å². The van der Waals surface area contributed by atoms with Crippen LogP contribution >= 0.6 is 27.5 Å². The van der Waals surface area contributed by atoms with Gasteiger partial charge in [-0.2, -0.15) is 4.98 Å². The Kier molecular flexibility index (Phi) is 5.31. The summed E-state index contributed by atoms with van der Waals surface area (Å²) < 4.78 is 0.598. The molecule has 5 nitrogen and oxygen atoms in total. The molecule has 1 aromatic heterocycles. The fourth-order valence-electron chi connectivity index (χ4n) is 1.73. The zero-order chi connectivity index (χ0) is 14.5. The predicted molar refractivity (Wildman–Crippen MR) is 80.6 cm³/mol. The lowest BCUT2D eigenvalue weighted by Crippen LogP contribution is -2.31. The average molecular weight is 359 g/mol. The fourth-order valence-corrected chi connectivity index (χ4v) is 2.17. The van der Waals surface area contributed by atoms with Crippen LogP contribution in [0.25, 0.3) is 0 Å². The number of hydrogen-bond acceptors (Lipinski definition) is 5. The Bertz CT molecular complexity index is 571. The minimum Gasteiger partial charge on any atom is -0.394 e. The van der Waals surface area contributed by atoms with Crippen LogP contribution < -0.4 is 5.32 Å². The molecule has 106 valence electrons. The maximum absolute atomic E-state index is 10.3. The number of rotatable bonds is 5. The maximum atomic E-state index is 10.3. The second kappa shape index (κ2) is 6.99. The monoisotopic (exact) mass is 357 g/mol. The molecule has 1 aromatic carbocycles. The van der Waals surface area contributed by atoms with Gasteiger partial charge >= 0.3 is 0 Å². The van der Waals surface area contributed by atoms with E-state index >= 15 is 0 Å². The molecular weight excluding hydrogens is 346 g/mol. The molecule has 2 atom stereocenters. The van der Waals surface area contributed by atoms with E-state index in [1.54, 1.807) is 12.1 Å². The van der Waals surface area contributed by atoms with Crippen molar-refractivity contribution in [3.8, 4) is 0 Å². The highest BCUT2D eigenvalue weighted by Crippen LogP contribution is 2.24. The van der Waals surface area contributed by atoms with Crippen molar-refractivity contribution >= 4 is 33.3 Å². The van der Waals surface area contributed by atoms with Crippen molar-refractivity contribution < 1.29 is 10.2 Å². The third-order valence-electron chi connectivity index (χ3n) is 2.76. The van der Waals surface area contributed by atoms with Crippen molar-refractivity contribution in [2.75, 3.05) is 11.9 Å². The van der Waals surface area contributed by atoms with Crippen LogP contribution in [0.15, 0.2) is 41.0 Å². The lowest BCUT2D eigenvalue weighted by atomic mass is 10.0. The Balaban J connectivity index is 2.18. The van der Waals surface area contributed by atoms with Crippen molar-refractivity contribution in [3.63, 3.8) is 0 Å². The Hall–Kier alpha value is -1.21. The number of anilines is 1. The first kappa shape index (κ1) is 15.2. The van der Waals surface area contributed by atoms with Gasteiger partial charge < -0.3 is 15.5 Å². The second-order valence-electron chi connectivity index (χ2n) is 4.12. The van der Waals surface area contributed by atoms with Crippen molar-refractivity contribution in [3.05, 3.63) is 51.8 Å². The molecule has 0 spiro atoms. The Morgan fingerprint density at radius 1 is 1.30 bits per heavy atom. The zero-order valence-corrected chi connectivity index (χ0v) is 12.7. The predicted octanol–water partition coefficient (Wildman–Crippen LogP) is 2.40. The summed E-state index contributed by atoms with van der Waals surface area (Å²) in [4.78, 5) is 7.83. The highest BCUT2D eigenvalue weighted by molar-refractivity contribution is 9.10. The van der Waals surface area contributed by atoms with Crippen LogP contribution in [0.2, 0.25) is 5.28 Å². The number of nitrogens with zero attached hydrogens (tertiary/aromatic N) is 2. The second-order valence-corrected chi connectivity index (χ2v) is 5.32. The Morgan fingerprint density at radius 3 is 2.65 bits per heavy atom. The van der Waals surface area contributed by atoms with E-state index < -0.39 is 12.1 Å². The van der Waals surface area contributed by atoms with E-state index in [9.17, 15) is 10.2 Å². The van der Waals surface area contributed by atoms with Gasteiger partial charge in [-0.05, 0) is 33.1 Å². The number of aliphatic hydroxyl groups is 2. The van der Waals surface area contributed by atoms with Crippen molar-refractivity contribution in [2.45, 2.75) is 12.1 Å². The minimum absolute atomic E-state index is 0.0848. The van der Waals surface area contributed by atoms with E-state index in [1.165, 1.54) is 6.20 Å². The van der Waals surface area contributed by atoms with Crippen LogP contribution in [0.3, 0.4) is 0 Å². The molecule has 0 fully saturated rings. The molecule has 0 aliphatic rings. The standard InChI is InChI=1S/C13H13BrClN3O2/c14-9-6-16-13(15)18-12(9)17-10(7-19)11(20)8-4-2-1-3-5-8/h1-6,10-11,19-20H,7H2,(H,16,17,18)/t10-,11-/m0/s1. The first-order chi connectivity index (χ1) is 9.61. The Morgan fingerprint density at radius 2 is 2.00 bits per heavy atom. The molecule has 0 radical (unpaired) electrons. The lowest BCUT2D eigenvalue weighted by Gasteiger charge is -2.23. The zero-order valence-electron chi connectivity index (χ0n) is 10.4. The van der Waals surface area contributed by atoms with Gasteiger partial charge in [-0.3, -0.25) is 0 Å². The summed E-state index contributed by atoms with van der Waals surface area (Å²) in [5, 5.41) is 22.8. The molecule has 0 saturated heterocycles. The summed E-state index contributed by atoms with van der Waals surface area (Å²) in [5.74, 6) is 0.416. The molecule has 0 aliphatic heterocycles. The number of hydrogen-bond donors (Lipinski definition) is 3. The molecular formula is C13H13BrClN3O2. The van der Waals surface area contributed by atoms with Crippen molar-refractivity contribution in [2.24, 2.45) is 0 Å². The van der Waals surface area contributed by atoms with Crippen LogP contribution in [-0.4, -0.2) is 32.8 Å². The normalized spacial score (nSPS) is 13.8. The molecule has 1 heterocycles. The van der Waals surface area contributed by atoms with Gasteiger partial charge in [0.15, 0.2) is 0 Å². The van der Waals surface area contributed by atoms with Crippen molar-refractivity contribution in [1.82, 2.24) is 9.97 Å². The third-order valence-corrected chi connectivity index (χ3v) is 3.52. The quantitative estimate of drug-likeness (QED) is 0.715. The molecule has 20 heavy (non-hydrogen) atoms. The van der Waals surface area contributed by atoms with Gasteiger partial charge in [-0.1, -0.05) is 30.3 Å². The van der Waals surface area contributed by atoms with Crippen LogP contribution in [-0.2, 0) is 0 Å². The summed E-state index contributed by atoms with van der Waals surface area (Å²) in [7, 11) is 0. The molecule has 0 saturated carbocycles. The average Bonchev–Trinajstić information content (AvgIpc) is 2.48. The van der Waals surface area contributed by atoms with E-state index in [-0.39, 0.29) is 11.9 Å². The molecule has 3 N–H and O–H groups in total. The molecule has 0 unspecified atom stereocenters. The van der Waals surface area contributed by atoms with E-state index in [1.807, 2.05) is 18.2 Å². The van der Waals surface area contributed by atoms with Gasteiger partial charge in [-0.25, -0.2) is 4.98 Å². The number of aliphatic hydroxyl groups excluding tert-OH is 2. The van der Waals surface area contributed by atoms with E-state index in [2.05, 4.69) is 31.2 Å². The van der Waals surface area contributed by atoms with Gasteiger partial charge in [0.05, 0.1) is 17.1 Å². The number of benzene rings is 1. The maximum Gasteiger partial charge on any atom is 0.224 e. The Labute approximate surface area is 129 Å². The van der Waals surface area contributed by atoms with Gasteiger partial charge in [0, 0.05) is 6.20 Å². The van der Waals surface area contributed by atoms with Crippen molar-refractivity contribution in [1.29, 1.82) is 0 Å². The van der Waals surface area contributed by atoms with Crippen LogP contribution in [0, 0.1) is 0 Å². The smallest absolute Gasteiger partial charge is 0.224 e.